The standard InChI is InChI=1S/C19H28O4/c1-6-7-10-14-17(20)19(22-5,18(14)23-13(2)3)15-11-8-9-12-16(15)21-4/h8-9,11-13,17,20H,6-7,10H2,1-5H3. The highest BCUT2D eigenvalue weighted by molar-refractivity contribution is 5.52. The molecule has 1 N–H and O–H groups in total. The van der Waals surface area contributed by atoms with Crippen LogP contribution in [0.5, 0.6) is 5.75 Å². The van der Waals surface area contributed by atoms with Gasteiger partial charge in [-0.3, -0.25) is 0 Å². The number of ether oxygens (including phenoxy) is 3. The SMILES string of the molecule is CCCCC1=C(OC(C)C)C(OC)(c2ccccc2OC)C1O. The van der Waals surface area contributed by atoms with Crippen LogP contribution in [0.25, 0.3) is 0 Å². The summed E-state index contributed by atoms with van der Waals surface area (Å²) in [4.78, 5) is 0. The van der Waals surface area contributed by atoms with E-state index in [9.17, 15) is 5.11 Å². The van der Waals surface area contributed by atoms with E-state index in [1.807, 2.05) is 38.1 Å². The average Bonchev–Trinajstić information content (AvgIpc) is 2.55. The van der Waals surface area contributed by atoms with Gasteiger partial charge in [-0.15, -0.1) is 0 Å². The molecule has 2 atom stereocenters. The zero-order valence-electron chi connectivity index (χ0n) is 14.8. The molecule has 2 rings (SSSR count). The van der Waals surface area contributed by atoms with Crippen LogP contribution in [-0.4, -0.2) is 31.5 Å². The summed E-state index contributed by atoms with van der Waals surface area (Å²) in [6.07, 6.45) is 2.20. The summed E-state index contributed by atoms with van der Waals surface area (Å²) < 4.78 is 17.4. The van der Waals surface area contributed by atoms with Gasteiger partial charge in [-0.2, -0.15) is 0 Å². The zero-order valence-corrected chi connectivity index (χ0v) is 14.8. The van der Waals surface area contributed by atoms with Crippen LogP contribution in [0.3, 0.4) is 0 Å². The summed E-state index contributed by atoms with van der Waals surface area (Å²) in [5, 5.41) is 10.9. The second-order valence-corrected chi connectivity index (χ2v) is 6.17. The van der Waals surface area contributed by atoms with Gasteiger partial charge in [-0.1, -0.05) is 31.5 Å². The van der Waals surface area contributed by atoms with Crippen LogP contribution >= 0.6 is 0 Å². The molecule has 0 fully saturated rings. The number of aliphatic hydroxyl groups is 1. The maximum atomic E-state index is 10.9. The summed E-state index contributed by atoms with van der Waals surface area (Å²) in [6.45, 7) is 6.11. The fraction of sp³-hybridized carbons (Fsp3) is 0.579. The first-order chi connectivity index (χ1) is 11.0. The molecular formula is C19H28O4. The van der Waals surface area contributed by atoms with Gasteiger partial charge in [0.2, 0.25) is 0 Å². The fourth-order valence-corrected chi connectivity index (χ4v) is 3.21. The minimum absolute atomic E-state index is 0.0124. The quantitative estimate of drug-likeness (QED) is 0.792. The Morgan fingerprint density at radius 2 is 1.91 bits per heavy atom. The summed E-state index contributed by atoms with van der Waals surface area (Å²) in [5.41, 5.74) is 0.752. The monoisotopic (exact) mass is 320 g/mol. The van der Waals surface area contributed by atoms with Gasteiger partial charge in [0.05, 0.1) is 13.2 Å². The van der Waals surface area contributed by atoms with E-state index in [-0.39, 0.29) is 6.10 Å². The van der Waals surface area contributed by atoms with Crippen LogP contribution in [0.2, 0.25) is 0 Å². The highest BCUT2D eigenvalue weighted by Gasteiger charge is 2.58. The second-order valence-electron chi connectivity index (χ2n) is 6.17. The molecule has 0 saturated heterocycles. The molecule has 0 saturated carbocycles. The Hall–Kier alpha value is -1.52. The van der Waals surface area contributed by atoms with E-state index in [1.165, 1.54) is 0 Å². The third-order valence-electron chi connectivity index (χ3n) is 4.33. The molecule has 0 aromatic heterocycles. The Morgan fingerprint density at radius 3 is 2.48 bits per heavy atom. The molecule has 1 aliphatic rings. The predicted molar refractivity (Wildman–Crippen MR) is 90.5 cm³/mol. The number of unbranched alkanes of at least 4 members (excludes halogenated alkanes) is 1. The molecule has 4 heteroatoms. The van der Waals surface area contributed by atoms with Crippen LogP contribution in [-0.2, 0) is 15.1 Å². The van der Waals surface area contributed by atoms with E-state index in [0.717, 1.165) is 36.2 Å². The van der Waals surface area contributed by atoms with Crippen LogP contribution in [0.15, 0.2) is 35.6 Å². The first-order valence-electron chi connectivity index (χ1n) is 8.29. The number of aliphatic hydroxyl groups excluding tert-OH is 1. The number of para-hydroxylation sites is 1. The van der Waals surface area contributed by atoms with Crippen LogP contribution < -0.4 is 4.74 Å². The van der Waals surface area contributed by atoms with Crippen molar-refractivity contribution in [1.29, 1.82) is 0 Å². The summed E-state index contributed by atoms with van der Waals surface area (Å²) in [5.74, 6) is 1.42. The third kappa shape index (κ3) is 2.98. The Bertz CT molecular complexity index is 564. The smallest absolute Gasteiger partial charge is 0.183 e. The third-order valence-corrected chi connectivity index (χ3v) is 4.33. The van der Waals surface area contributed by atoms with E-state index in [0.29, 0.717) is 5.75 Å². The Morgan fingerprint density at radius 1 is 1.22 bits per heavy atom. The van der Waals surface area contributed by atoms with Crippen molar-refractivity contribution in [2.45, 2.75) is 57.8 Å². The molecular weight excluding hydrogens is 292 g/mol. The van der Waals surface area contributed by atoms with Gasteiger partial charge in [0, 0.05) is 18.2 Å². The van der Waals surface area contributed by atoms with Crippen molar-refractivity contribution >= 4 is 0 Å². The maximum absolute atomic E-state index is 10.9. The summed E-state index contributed by atoms with van der Waals surface area (Å²) >= 11 is 0. The normalized spacial score (nSPS) is 23.9. The van der Waals surface area contributed by atoms with Gasteiger partial charge < -0.3 is 19.3 Å². The predicted octanol–water partition coefficient (Wildman–Crippen LogP) is 3.78. The minimum atomic E-state index is -0.986. The molecule has 2 unspecified atom stereocenters. The lowest BCUT2D eigenvalue weighted by Crippen LogP contribution is -2.54. The lowest BCUT2D eigenvalue weighted by Gasteiger charge is -2.49. The molecule has 1 aliphatic carbocycles. The molecule has 0 heterocycles. The molecule has 128 valence electrons. The van der Waals surface area contributed by atoms with Crippen molar-refractivity contribution in [1.82, 2.24) is 0 Å². The van der Waals surface area contributed by atoms with Crippen molar-refractivity contribution in [2.24, 2.45) is 0 Å². The van der Waals surface area contributed by atoms with E-state index < -0.39 is 11.7 Å². The summed E-state index contributed by atoms with van der Waals surface area (Å²) in [6, 6.07) is 7.62. The molecule has 1 aromatic rings. The van der Waals surface area contributed by atoms with E-state index in [4.69, 9.17) is 14.2 Å². The van der Waals surface area contributed by atoms with E-state index in [2.05, 4.69) is 6.92 Å². The molecule has 1 aromatic carbocycles. The van der Waals surface area contributed by atoms with Gasteiger partial charge in [-0.05, 0) is 32.8 Å². The molecule has 23 heavy (non-hydrogen) atoms. The van der Waals surface area contributed by atoms with Crippen LogP contribution in [0.4, 0.5) is 0 Å². The lowest BCUT2D eigenvalue weighted by atomic mass is 9.69. The number of benzene rings is 1. The van der Waals surface area contributed by atoms with Crippen molar-refractivity contribution in [3.05, 3.63) is 41.2 Å². The Labute approximate surface area is 139 Å². The van der Waals surface area contributed by atoms with Crippen molar-refractivity contribution in [3.63, 3.8) is 0 Å². The molecule has 0 radical (unpaired) electrons. The first kappa shape index (κ1) is 17.8. The van der Waals surface area contributed by atoms with Gasteiger partial charge in [0.25, 0.3) is 0 Å². The van der Waals surface area contributed by atoms with Crippen LogP contribution in [0, 0.1) is 0 Å². The second kappa shape index (κ2) is 7.37. The number of methoxy groups -OCH3 is 2. The average molecular weight is 320 g/mol. The van der Waals surface area contributed by atoms with Gasteiger partial charge in [0.15, 0.2) is 5.60 Å². The maximum Gasteiger partial charge on any atom is 0.183 e. The molecule has 0 bridgehead atoms. The molecule has 0 amide bonds. The Balaban J connectivity index is 2.53. The zero-order chi connectivity index (χ0) is 17.0. The first-order valence-corrected chi connectivity index (χ1v) is 8.29. The van der Waals surface area contributed by atoms with Crippen molar-refractivity contribution < 1.29 is 19.3 Å². The largest absolute Gasteiger partial charge is 0.496 e. The minimum Gasteiger partial charge on any atom is -0.496 e. The van der Waals surface area contributed by atoms with Crippen molar-refractivity contribution in [3.8, 4) is 5.75 Å². The van der Waals surface area contributed by atoms with Gasteiger partial charge in [0.1, 0.15) is 17.6 Å². The number of rotatable bonds is 8. The highest BCUT2D eigenvalue weighted by Crippen LogP contribution is 2.53. The van der Waals surface area contributed by atoms with E-state index in [1.54, 1.807) is 14.2 Å². The summed E-state index contributed by atoms with van der Waals surface area (Å²) in [7, 11) is 3.23. The van der Waals surface area contributed by atoms with Crippen molar-refractivity contribution in [2.75, 3.05) is 14.2 Å². The fourth-order valence-electron chi connectivity index (χ4n) is 3.21. The lowest BCUT2D eigenvalue weighted by molar-refractivity contribution is -0.140. The topological polar surface area (TPSA) is 47.9 Å². The Kier molecular flexibility index (Phi) is 5.71. The van der Waals surface area contributed by atoms with Gasteiger partial charge in [-0.25, -0.2) is 0 Å². The number of hydrogen-bond donors (Lipinski definition) is 1. The molecule has 0 aliphatic heterocycles. The van der Waals surface area contributed by atoms with Gasteiger partial charge >= 0.3 is 0 Å². The van der Waals surface area contributed by atoms with Crippen LogP contribution in [0.1, 0.15) is 45.6 Å². The van der Waals surface area contributed by atoms with E-state index >= 15 is 0 Å². The highest BCUT2D eigenvalue weighted by atomic mass is 16.6. The molecule has 4 nitrogen and oxygen atoms in total. The molecule has 0 spiro atoms. The number of hydrogen-bond acceptors (Lipinski definition) is 4.